The molecule has 1 fully saturated rings. The van der Waals surface area contributed by atoms with Crippen LogP contribution in [0.5, 0.6) is 17.2 Å². The number of hydrogen-bond donors (Lipinski definition) is 2. The summed E-state index contributed by atoms with van der Waals surface area (Å²) in [5.41, 5.74) is 11.2. The number of hydrogen-bond acceptors (Lipinski definition) is 6. The standard InChI is InChI=1S/C24H29N3O5/c1-2-30-22(28)17-7-9-19(10-8-17)31-20-11-13-21(14-12-20)32-23(29)18-5-3-16(4-6-18)15-27-24(25)26/h7-14,16,18H,2-6,15H2,1H3,(H4,25,26,27). The van der Waals surface area contributed by atoms with Crippen molar-refractivity contribution in [2.75, 3.05) is 13.2 Å². The van der Waals surface area contributed by atoms with Gasteiger partial charge in [0.2, 0.25) is 0 Å². The van der Waals surface area contributed by atoms with Crippen LogP contribution >= 0.6 is 0 Å². The third-order valence-corrected chi connectivity index (χ3v) is 5.36. The van der Waals surface area contributed by atoms with Crippen molar-refractivity contribution >= 4 is 17.9 Å². The number of carbonyl (C=O) groups excluding carboxylic acids is 2. The monoisotopic (exact) mass is 439 g/mol. The largest absolute Gasteiger partial charge is 0.462 e. The lowest BCUT2D eigenvalue weighted by molar-refractivity contribution is -0.140. The maximum Gasteiger partial charge on any atom is 0.338 e. The van der Waals surface area contributed by atoms with Crippen LogP contribution in [0.1, 0.15) is 43.0 Å². The number of guanidine groups is 1. The second-order valence-corrected chi connectivity index (χ2v) is 7.72. The fraction of sp³-hybridized carbons (Fsp3) is 0.375. The normalized spacial score (nSPS) is 17.8. The Balaban J connectivity index is 1.48. The van der Waals surface area contributed by atoms with E-state index in [1.165, 1.54) is 0 Å². The highest BCUT2D eigenvalue weighted by molar-refractivity contribution is 5.89. The van der Waals surface area contributed by atoms with Crippen molar-refractivity contribution in [1.29, 1.82) is 0 Å². The molecule has 0 amide bonds. The third-order valence-electron chi connectivity index (χ3n) is 5.36. The first-order valence-corrected chi connectivity index (χ1v) is 10.8. The Hall–Kier alpha value is -3.55. The highest BCUT2D eigenvalue weighted by Gasteiger charge is 2.27. The molecule has 3 rings (SSSR count). The lowest BCUT2D eigenvalue weighted by Gasteiger charge is -2.26. The third kappa shape index (κ3) is 6.73. The van der Waals surface area contributed by atoms with E-state index in [0.29, 0.717) is 41.9 Å². The van der Waals surface area contributed by atoms with Gasteiger partial charge in [-0.15, -0.1) is 0 Å². The second kappa shape index (κ2) is 11.2. The van der Waals surface area contributed by atoms with Crippen LogP contribution in [0.15, 0.2) is 53.5 Å². The topological polar surface area (TPSA) is 126 Å². The molecule has 2 aromatic carbocycles. The highest BCUT2D eigenvalue weighted by Crippen LogP contribution is 2.31. The Kier molecular flexibility index (Phi) is 8.08. The van der Waals surface area contributed by atoms with Crippen molar-refractivity contribution in [3.8, 4) is 17.2 Å². The average molecular weight is 440 g/mol. The molecule has 0 saturated heterocycles. The van der Waals surface area contributed by atoms with Gasteiger partial charge in [-0.1, -0.05) is 0 Å². The Labute approximate surface area is 187 Å². The van der Waals surface area contributed by atoms with Crippen molar-refractivity contribution in [3.05, 3.63) is 54.1 Å². The van der Waals surface area contributed by atoms with E-state index in [1.807, 2.05) is 0 Å². The predicted molar refractivity (Wildman–Crippen MR) is 121 cm³/mol. The van der Waals surface area contributed by atoms with Gasteiger partial charge in [-0.3, -0.25) is 9.79 Å². The molecule has 0 atom stereocenters. The molecule has 0 bridgehead atoms. The molecule has 0 aliphatic heterocycles. The number of ether oxygens (including phenoxy) is 3. The first-order valence-electron chi connectivity index (χ1n) is 10.8. The van der Waals surface area contributed by atoms with Crippen LogP contribution in [0, 0.1) is 11.8 Å². The van der Waals surface area contributed by atoms with Crippen LogP contribution in [0.2, 0.25) is 0 Å². The molecule has 0 unspecified atom stereocenters. The van der Waals surface area contributed by atoms with E-state index in [2.05, 4.69) is 4.99 Å². The second-order valence-electron chi connectivity index (χ2n) is 7.72. The predicted octanol–water partition coefficient (Wildman–Crippen LogP) is 3.64. The molecule has 0 heterocycles. The van der Waals surface area contributed by atoms with Crippen LogP contribution in [-0.4, -0.2) is 31.0 Å². The molecular weight excluding hydrogens is 410 g/mol. The maximum atomic E-state index is 12.5. The summed E-state index contributed by atoms with van der Waals surface area (Å²) in [5.74, 6) is 1.47. The number of esters is 2. The molecule has 4 N–H and O–H groups in total. The van der Waals surface area contributed by atoms with Crippen LogP contribution < -0.4 is 20.9 Å². The summed E-state index contributed by atoms with van der Waals surface area (Å²) in [6.07, 6.45) is 3.34. The van der Waals surface area contributed by atoms with E-state index in [-0.39, 0.29) is 23.8 Å². The van der Waals surface area contributed by atoms with Gasteiger partial charge < -0.3 is 25.7 Å². The van der Waals surface area contributed by atoms with Gasteiger partial charge in [0.05, 0.1) is 18.1 Å². The molecule has 2 aromatic rings. The molecule has 8 nitrogen and oxygen atoms in total. The van der Waals surface area contributed by atoms with E-state index in [0.717, 1.165) is 25.7 Å². The fourth-order valence-corrected chi connectivity index (χ4v) is 3.60. The van der Waals surface area contributed by atoms with Gasteiger partial charge in [-0.25, -0.2) is 4.79 Å². The van der Waals surface area contributed by atoms with Crippen LogP contribution in [0.4, 0.5) is 0 Å². The lowest BCUT2D eigenvalue weighted by Crippen LogP contribution is -2.28. The molecule has 0 aromatic heterocycles. The zero-order chi connectivity index (χ0) is 22.9. The SMILES string of the molecule is CCOC(=O)c1ccc(Oc2ccc(OC(=O)C3CCC(CN=C(N)N)CC3)cc2)cc1. The Morgan fingerprint density at radius 3 is 2.03 bits per heavy atom. The smallest absolute Gasteiger partial charge is 0.338 e. The van der Waals surface area contributed by atoms with Gasteiger partial charge in [0.1, 0.15) is 17.2 Å². The van der Waals surface area contributed by atoms with Gasteiger partial charge in [0, 0.05) is 6.54 Å². The number of benzene rings is 2. The van der Waals surface area contributed by atoms with Crippen molar-refractivity contribution in [2.45, 2.75) is 32.6 Å². The molecule has 8 heteroatoms. The van der Waals surface area contributed by atoms with Gasteiger partial charge in [-0.05, 0) is 87.1 Å². The van der Waals surface area contributed by atoms with Crippen molar-refractivity contribution in [2.24, 2.45) is 28.3 Å². The van der Waals surface area contributed by atoms with Crippen molar-refractivity contribution in [1.82, 2.24) is 0 Å². The van der Waals surface area contributed by atoms with E-state index >= 15 is 0 Å². The van der Waals surface area contributed by atoms with Crippen LogP contribution in [-0.2, 0) is 9.53 Å². The molecule has 1 aliphatic rings. The molecule has 1 saturated carbocycles. The Bertz CT molecular complexity index is 929. The summed E-state index contributed by atoms with van der Waals surface area (Å²) in [4.78, 5) is 28.3. The molecule has 0 radical (unpaired) electrons. The van der Waals surface area contributed by atoms with Crippen LogP contribution in [0.3, 0.4) is 0 Å². The Morgan fingerprint density at radius 1 is 0.906 bits per heavy atom. The first kappa shape index (κ1) is 23.1. The summed E-state index contributed by atoms with van der Waals surface area (Å²) in [7, 11) is 0. The van der Waals surface area contributed by atoms with E-state index in [1.54, 1.807) is 55.5 Å². The molecule has 170 valence electrons. The highest BCUT2D eigenvalue weighted by atomic mass is 16.5. The van der Waals surface area contributed by atoms with Crippen LogP contribution in [0.25, 0.3) is 0 Å². The minimum absolute atomic E-state index is 0.104. The number of carbonyl (C=O) groups is 2. The number of aliphatic imine (C=N–C) groups is 1. The van der Waals surface area contributed by atoms with Crippen molar-refractivity contribution in [3.63, 3.8) is 0 Å². The minimum atomic E-state index is -0.368. The summed E-state index contributed by atoms with van der Waals surface area (Å²) in [6.45, 7) is 2.70. The maximum absolute atomic E-state index is 12.5. The number of rotatable bonds is 8. The quantitative estimate of drug-likeness (QED) is 0.278. The van der Waals surface area contributed by atoms with Gasteiger partial charge in [-0.2, -0.15) is 0 Å². The molecule has 32 heavy (non-hydrogen) atoms. The fourth-order valence-electron chi connectivity index (χ4n) is 3.60. The van der Waals surface area contributed by atoms with E-state index in [4.69, 9.17) is 25.7 Å². The summed E-state index contributed by atoms with van der Waals surface area (Å²) >= 11 is 0. The number of nitrogens with two attached hydrogens (primary N) is 2. The average Bonchev–Trinajstić information content (AvgIpc) is 2.80. The van der Waals surface area contributed by atoms with Gasteiger partial charge >= 0.3 is 11.9 Å². The summed E-state index contributed by atoms with van der Waals surface area (Å²) < 4.78 is 16.3. The van der Waals surface area contributed by atoms with Crippen molar-refractivity contribution < 1.29 is 23.8 Å². The van der Waals surface area contributed by atoms with E-state index in [9.17, 15) is 9.59 Å². The molecule has 0 spiro atoms. The summed E-state index contributed by atoms with van der Waals surface area (Å²) in [5, 5.41) is 0. The first-order chi connectivity index (χ1) is 15.4. The molecular formula is C24H29N3O5. The molecule has 1 aliphatic carbocycles. The Morgan fingerprint density at radius 2 is 1.47 bits per heavy atom. The minimum Gasteiger partial charge on any atom is -0.462 e. The number of nitrogens with zero attached hydrogens (tertiary/aromatic N) is 1. The van der Waals surface area contributed by atoms with Gasteiger partial charge in [0.15, 0.2) is 5.96 Å². The zero-order valence-corrected chi connectivity index (χ0v) is 18.2. The zero-order valence-electron chi connectivity index (χ0n) is 18.2. The lowest BCUT2D eigenvalue weighted by atomic mass is 9.82. The summed E-state index contributed by atoms with van der Waals surface area (Å²) in [6, 6.07) is 13.6. The van der Waals surface area contributed by atoms with E-state index < -0.39 is 0 Å². The van der Waals surface area contributed by atoms with Gasteiger partial charge in [0.25, 0.3) is 0 Å².